The first kappa shape index (κ1) is 25.9. The second-order valence-electron chi connectivity index (χ2n) is 11.2. The molecule has 39 heavy (non-hydrogen) atoms. The molecule has 0 aliphatic carbocycles. The van der Waals surface area contributed by atoms with Crippen molar-refractivity contribution in [3.05, 3.63) is 51.5 Å². The van der Waals surface area contributed by atoms with Crippen molar-refractivity contribution in [2.45, 2.75) is 69.1 Å². The number of aromatic nitrogens is 1. The Morgan fingerprint density at radius 1 is 1.03 bits per heavy atom. The van der Waals surface area contributed by atoms with E-state index in [1.807, 2.05) is 17.9 Å². The zero-order valence-corrected chi connectivity index (χ0v) is 22.9. The van der Waals surface area contributed by atoms with E-state index in [0.29, 0.717) is 25.1 Å². The van der Waals surface area contributed by atoms with Crippen LogP contribution in [0.5, 0.6) is 0 Å². The molecule has 4 atom stereocenters. The molecule has 3 fully saturated rings. The molecule has 3 saturated heterocycles. The molecular weight excluding hydrogens is 516 g/mol. The number of carbonyl (C=O) groups excluding carboxylic acids is 4. The molecule has 5 aliphatic rings. The molecular formula is C28H34N6O4S. The quantitative estimate of drug-likeness (QED) is 0.546. The summed E-state index contributed by atoms with van der Waals surface area (Å²) in [6, 6.07) is 6.70. The Morgan fingerprint density at radius 2 is 1.77 bits per heavy atom. The van der Waals surface area contributed by atoms with E-state index >= 15 is 0 Å². The molecule has 4 amide bonds. The molecule has 0 radical (unpaired) electrons. The van der Waals surface area contributed by atoms with Crippen LogP contribution >= 0.6 is 11.3 Å². The molecule has 1 aromatic carbocycles. The number of hydrogen-bond donors (Lipinski definition) is 2. The number of benzene rings is 1. The van der Waals surface area contributed by atoms with Gasteiger partial charge in [-0.2, -0.15) is 0 Å². The van der Waals surface area contributed by atoms with Gasteiger partial charge in [0.25, 0.3) is 5.91 Å². The van der Waals surface area contributed by atoms with Crippen LogP contribution in [0.1, 0.15) is 57.5 Å². The van der Waals surface area contributed by atoms with Gasteiger partial charge in [-0.25, -0.2) is 4.98 Å². The molecule has 0 unspecified atom stereocenters. The number of carbonyl (C=O) groups is 4. The van der Waals surface area contributed by atoms with Gasteiger partial charge < -0.3 is 25.8 Å². The first-order valence-corrected chi connectivity index (χ1v) is 14.6. The van der Waals surface area contributed by atoms with Crippen molar-refractivity contribution < 1.29 is 19.2 Å². The fourth-order valence-corrected chi connectivity index (χ4v) is 7.57. The van der Waals surface area contributed by atoms with Gasteiger partial charge in [0, 0.05) is 54.6 Å². The van der Waals surface area contributed by atoms with Gasteiger partial charge in [0.05, 0.1) is 17.1 Å². The zero-order chi connectivity index (χ0) is 27.3. The number of likely N-dealkylation sites (tertiary alicyclic amines) is 1. The van der Waals surface area contributed by atoms with Crippen molar-refractivity contribution in [1.29, 1.82) is 0 Å². The van der Waals surface area contributed by atoms with E-state index in [1.165, 1.54) is 0 Å². The fraction of sp³-hybridized carbons (Fsp3) is 0.536. The van der Waals surface area contributed by atoms with Gasteiger partial charge in [0.15, 0.2) is 0 Å². The van der Waals surface area contributed by atoms with Crippen molar-refractivity contribution in [2.24, 2.45) is 5.73 Å². The molecule has 0 saturated carbocycles. The minimum absolute atomic E-state index is 0.0705. The number of hydrogen-bond acceptors (Lipinski definition) is 7. The maximum atomic E-state index is 14.1. The number of rotatable bonds is 1. The third-order valence-corrected chi connectivity index (χ3v) is 9.70. The lowest BCUT2D eigenvalue weighted by Gasteiger charge is -2.36. The minimum Gasteiger partial charge on any atom is -0.351 e. The second-order valence-corrected chi connectivity index (χ2v) is 12.4. The van der Waals surface area contributed by atoms with Crippen LogP contribution in [0.15, 0.2) is 30.3 Å². The molecule has 5 aliphatic heterocycles. The average molecular weight is 551 g/mol. The highest BCUT2D eigenvalue weighted by Gasteiger charge is 2.48. The van der Waals surface area contributed by atoms with E-state index < -0.39 is 18.1 Å². The minimum atomic E-state index is -0.794. The Balaban J connectivity index is 1.35. The number of piperidine rings is 1. The maximum Gasteiger partial charge on any atom is 0.254 e. The summed E-state index contributed by atoms with van der Waals surface area (Å²) in [4.78, 5) is 65.3. The van der Waals surface area contributed by atoms with Crippen LogP contribution in [0.25, 0.3) is 0 Å². The summed E-state index contributed by atoms with van der Waals surface area (Å²) < 4.78 is 0. The largest absolute Gasteiger partial charge is 0.351 e. The maximum absolute atomic E-state index is 14.1. The van der Waals surface area contributed by atoms with Crippen LogP contribution in [0.3, 0.4) is 0 Å². The molecule has 1 aromatic heterocycles. The standard InChI is InChI=1S/C28H34N6O4S/c1-16-21-13-24(35)30-20-12-23(34(15-20)26(36)18-5-3-2-4-6-18)28(38)33-14-19(29)11-22(33)27(37)32-9-7-17(8-10-32)25(31-21)39-16/h2-6,17,19-20,22-23H,7-15,29H2,1H3,(H,30,35)/t19-,20-,22-,23-/m0/s1. The van der Waals surface area contributed by atoms with Crippen molar-refractivity contribution in [3.8, 4) is 0 Å². The monoisotopic (exact) mass is 550 g/mol. The van der Waals surface area contributed by atoms with Crippen LogP contribution in [-0.4, -0.2) is 93.7 Å². The average Bonchev–Trinajstić information content (AvgIpc) is 3.64. The summed E-state index contributed by atoms with van der Waals surface area (Å²) in [6.45, 7) is 3.66. The van der Waals surface area contributed by atoms with Crippen LogP contribution in [0, 0.1) is 6.92 Å². The van der Waals surface area contributed by atoms with Crippen molar-refractivity contribution >= 4 is 35.0 Å². The molecule has 206 valence electrons. The Bertz CT molecular complexity index is 1290. The molecule has 11 heteroatoms. The summed E-state index contributed by atoms with van der Waals surface area (Å²) in [7, 11) is 0. The first-order chi connectivity index (χ1) is 18.8. The Hall–Kier alpha value is -3.31. The van der Waals surface area contributed by atoms with E-state index in [0.717, 1.165) is 28.4 Å². The number of nitrogens with zero attached hydrogens (tertiary/aromatic N) is 4. The summed E-state index contributed by atoms with van der Waals surface area (Å²) in [5.41, 5.74) is 7.54. The van der Waals surface area contributed by atoms with Crippen molar-refractivity contribution in [3.63, 3.8) is 0 Å². The summed E-state index contributed by atoms with van der Waals surface area (Å²) in [5.74, 6) is -0.536. The molecule has 2 aromatic rings. The lowest BCUT2D eigenvalue weighted by molar-refractivity contribution is -0.146. The first-order valence-electron chi connectivity index (χ1n) is 13.7. The number of amides is 4. The van der Waals surface area contributed by atoms with E-state index in [-0.39, 0.29) is 61.5 Å². The van der Waals surface area contributed by atoms with E-state index in [9.17, 15) is 19.2 Å². The van der Waals surface area contributed by atoms with Crippen LogP contribution in [0.4, 0.5) is 0 Å². The molecule has 10 nitrogen and oxygen atoms in total. The Labute approximate surface area is 231 Å². The van der Waals surface area contributed by atoms with Gasteiger partial charge in [-0.3, -0.25) is 19.2 Å². The van der Waals surface area contributed by atoms with Gasteiger partial charge in [0.2, 0.25) is 17.7 Å². The Morgan fingerprint density at radius 3 is 2.51 bits per heavy atom. The van der Waals surface area contributed by atoms with Gasteiger partial charge in [-0.05, 0) is 44.7 Å². The van der Waals surface area contributed by atoms with Gasteiger partial charge in [-0.1, -0.05) is 18.2 Å². The van der Waals surface area contributed by atoms with E-state index in [2.05, 4.69) is 5.32 Å². The summed E-state index contributed by atoms with van der Waals surface area (Å²) in [6.07, 6.45) is 2.43. The van der Waals surface area contributed by atoms with Crippen LogP contribution < -0.4 is 11.1 Å². The van der Waals surface area contributed by atoms with Gasteiger partial charge >= 0.3 is 0 Å². The summed E-state index contributed by atoms with van der Waals surface area (Å²) in [5, 5.41) is 4.08. The van der Waals surface area contributed by atoms with Crippen molar-refractivity contribution in [2.75, 3.05) is 26.2 Å². The highest BCUT2D eigenvalue weighted by Crippen LogP contribution is 2.34. The molecule has 3 N–H and O–H groups in total. The normalized spacial score (nSPS) is 29.4. The second kappa shape index (κ2) is 10.3. The number of nitrogens with one attached hydrogen (secondary N) is 1. The number of aryl methyl sites for hydroxylation is 1. The molecule has 6 heterocycles. The lowest BCUT2D eigenvalue weighted by atomic mass is 9.96. The third kappa shape index (κ3) is 4.93. The number of fused-ring (bicyclic) bond motifs is 4. The third-order valence-electron chi connectivity index (χ3n) is 8.53. The highest BCUT2D eigenvalue weighted by molar-refractivity contribution is 7.11. The molecule has 7 rings (SSSR count). The predicted molar refractivity (Wildman–Crippen MR) is 145 cm³/mol. The molecule has 6 bridgehead atoms. The number of nitrogens with two attached hydrogens (primary N) is 1. The smallest absolute Gasteiger partial charge is 0.254 e. The SMILES string of the molecule is Cc1sc2nc1CC(=O)N[C@H]1C[C@@H](C(=O)N3C[C@@H](N)C[C@H]3C(=O)N3CCC2CC3)N(C(=O)c2ccccc2)C1. The van der Waals surface area contributed by atoms with E-state index in [4.69, 9.17) is 10.7 Å². The van der Waals surface area contributed by atoms with Crippen LogP contribution in [-0.2, 0) is 20.8 Å². The van der Waals surface area contributed by atoms with E-state index in [1.54, 1.807) is 45.4 Å². The van der Waals surface area contributed by atoms with Gasteiger partial charge in [-0.15, -0.1) is 11.3 Å². The zero-order valence-electron chi connectivity index (χ0n) is 22.0. The topological polar surface area (TPSA) is 129 Å². The summed E-state index contributed by atoms with van der Waals surface area (Å²) >= 11 is 1.63. The number of thiazole rings is 1. The van der Waals surface area contributed by atoms with Gasteiger partial charge in [0.1, 0.15) is 12.1 Å². The molecule has 0 spiro atoms. The fourth-order valence-electron chi connectivity index (χ4n) is 6.46. The highest BCUT2D eigenvalue weighted by atomic mass is 32.1. The Kier molecular flexibility index (Phi) is 6.88. The van der Waals surface area contributed by atoms with Crippen LogP contribution in [0.2, 0.25) is 0 Å². The lowest BCUT2D eigenvalue weighted by Crippen LogP contribution is -2.54. The van der Waals surface area contributed by atoms with Crippen molar-refractivity contribution in [1.82, 2.24) is 25.0 Å². The predicted octanol–water partition coefficient (Wildman–Crippen LogP) is 1.04.